The Bertz CT molecular complexity index is 1220. The van der Waals surface area contributed by atoms with Crippen LogP contribution in [0.5, 0.6) is 11.5 Å². The molecule has 0 bridgehead atoms. The van der Waals surface area contributed by atoms with Gasteiger partial charge in [0.25, 0.3) is 5.91 Å². The summed E-state index contributed by atoms with van der Waals surface area (Å²) in [6.45, 7) is 7.97. The smallest absolute Gasteiger partial charge is 0.254 e. The van der Waals surface area contributed by atoms with E-state index in [1.165, 1.54) is 0 Å². The maximum atomic E-state index is 13.8. The molecule has 0 N–H and O–H groups in total. The Balaban J connectivity index is 1.60. The summed E-state index contributed by atoms with van der Waals surface area (Å²) in [6.07, 6.45) is 0. The number of hydrogen-bond donors (Lipinski definition) is 0. The van der Waals surface area contributed by atoms with Crippen LogP contribution in [0.2, 0.25) is 0 Å². The van der Waals surface area contributed by atoms with Gasteiger partial charge in [-0.3, -0.25) is 4.79 Å². The van der Waals surface area contributed by atoms with Crippen LogP contribution in [0.1, 0.15) is 45.1 Å². The molecule has 0 saturated carbocycles. The zero-order chi connectivity index (χ0) is 25.3. The molecule has 4 rings (SSSR count). The minimum atomic E-state index is -0.0293. The molecule has 0 spiro atoms. The number of benzene rings is 4. The van der Waals surface area contributed by atoms with Crippen LogP contribution >= 0.6 is 0 Å². The quantitative estimate of drug-likeness (QED) is 0.243. The average Bonchev–Trinajstić information content (AvgIpc) is 2.88. The standard InChI is InChI=1S/C32H33NO3/c1-4-35-31-16-15-28(20-29(31)23-36-30-18-24(2)17-25(3)19-30)32(34)33(21-26-11-7-5-8-12-26)22-27-13-9-6-10-14-27/h5-20H,4,21-23H2,1-3H3. The molecule has 0 atom stereocenters. The van der Waals surface area contributed by atoms with Crippen LogP contribution in [0.3, 0.4) is 0 Å². The molecule has 0 aliphatic heterocycles. The fourth-order valence-electron chi connectivity index (χ4n) is 4.29. The number of hydrogen-bond acceptors (Lipinski definition) is 3. The largest absolute Gasteiger partial charge is 0.493 e. The van der Waals surface area contributed by atoms with Gasteiger partial charge in [0.05, 0.1) is 6.61 Å². The van der Waals surface area contributed by atoms with Gasteiger partial charge < -0.3 is 14.4 Å². The highest BCUT2D eigenvalue weighted by Crippen LogP contribution is 2.25. The minimum Gasteiger partial charge on any atom is -0.493 e. The summed E-state index contributed by atoms with van der Waals surface area (Å²) in [6, 6.07) is 31.9. The van der Waals surface area contributed by atoms with E-state index in [0.29, 0.717) is 31.9 Å². The van der Waals surface area contributed by atoms with E-state index in [4.69, 9.17) is 9.47 Å². The van der Waals surface area contributed by atoms with Crippen molar-refractivity contribution in [1.82, 2.24) is 4.90 Å². The molecule has 184 valence electrons. The van der Waals surface area contributed by atoms with Crippen molar-refractivity contribution in [2.75, 3.05) is 6.61 Å². The van der Waals surface area contributed by atoms with Crippen molar-refractivity contribution in [3.8, 4) is 11.5 Å². The SMILES string of the molecule is CCOc1ccc(C(=O)N(Cc2ccccc2)Cc2ccccc2)cc1COc1cc(C)cc(C)c1. The normalized spacial score (nSPS) is 10.6. The van der Waals surface area contributed by atoms with Crippen LogP contribution in [-0.2, 0) is 19.7 Å². The molecular weight excluding hydrogens is 446 g/mol. The van der Waals surface area contributed by atoms with Crippen molar-refractivity contribution < 1.29 is 14.3 Å². The highest BCUT2D eigenvalue weighted by molar-refractivity contribution is 5.94. The summed E-state index contributed by atoms with van der Waals surface area (Å²) in [5, 5.41) is 0. The monoisotopic (exact) mass is 479 g/mol. The van der Waals surface area contributed by atoms with Gasteiger partial charge in [0.1, 0.15) is 18.1 Å². The topological polar surface area (TPSA) is 38.8 Å². The number of nitrogens with zero attached hydrogens (tertiary/aromatic N) is 1. The molecule has 36 heavy (non-hydrogen) atoms. The van der Waals surface area contributed by atoms with E-state index in [1.54, 1.807) is 0 Å². The van der Waals surface area contributed by atoms with Gasteiger partial charge in [0.15, 0.2) is 0 Å². The fourth-order valence-corrected chi connectivity index (χ4v) is 4.29. The van der Waals surface area contributed by atoms with Gasteiger partial charge in [-0.05, 0) is 73.4 Å². The molecule has 4 aromatic rings. The van der Waals surface area contributed by atoms with Crippen molar-refractivity contribution in [2.24, 2.45) is 0 Å². The Morgan fingerprint density at radius 3 is 1.86 bits per heavy atom. The van der Waals surface area contributed by atoms with Crippen LogP contribution < -0.4 is 9.47 Å². The van der Waals surface area contributed by atoms with E-state index >= 15 is 0 Å². The molecule has 0 aromatic heterocycles. The first-order valence-corrected chi connectivity index (χ1v) is 12.4. The second kappa shape index (κ2) is 12.1. The van der Waals surface area contributed by atoms with E-state index in [1.807, 2.05) is 103 Å². The second-order valence-electron chi connectivity index (χ2n) is 9.00. The van der Waals surface area contributed by atoms with Crippen LogP contribution in [-0.4, -0.2) is 17.4 Å². The molecule has 0 radical (unpaired) electrons. The Hall–Kier alpha value is -4.05. The highest BCUT2D eigenvalue weighted by atomic mass is 16.5. The van der Waals surface area contributed by atoms with Crippen LogP contribution in [0.25, 0.3) is 0 Å². The predicted octanol–water partition coefficient (Wildman–Crippen LogP) is 7.12. The first-order valence-electron chi connectivity index (χ1n) is 12.4. The Kier molecular flexibility index (Phi) is 8.40. The van der Waals surface area contributed by atoms with E-state index in [0.717, 1.165) is 39.3 Å². The van der Waals surface area contributed by atoms with Gasteiger partial charge >= 0.3 is 0 Å². The van der Waals surface area contributed by atoms with E-state index in [2.05, 4.69) is 19.9 Å². The van der Waals surface area contributed by atoms with Gasteiger partial charge in [0.2, 0.25) is 0 Å². The van der Waals surface area contributed by atoms with Crippen LogP contribution in [0.15, 0.2) is 97.1 Å². The molecule has 0 unspecified atom stereocenters. The number of aryl methyl sites for hydroxylation is 2. The van der Waals surface area contributed by atoms with Crippen molar-refractivity contribution in [1.29, 1.82) is 0 Å². The Morgan fingerprint density at radius 2 is 1.31 bits per heavy atom. The summed E-state index contributed by atoms with van der Waals surface area (Å²) >= 11 is 0. The maximum Gasteiger partial charge on any atom is 0.254 e. The maximum absolute atomic E-state index is 13.8. The summed E-state index contributed by atoms with van der Waals surface area (Å²) in [4.78, 5) is 15.7. The molecule has 4 heteroatoms. The third-order valence-corrected chi connectivity index (χ3v) is 5.92. The lowest BCUT2D eigenvalue weighted by Crippen LogP contribution is -2.30. The average molecular weight is 480 g/mol. The van der Waals surface area contributed by atoms with E-state index < -0.39 is 0 Å². The predicted molar refractivity (Wildman–Crippen MR) is 144 cm³/mol. The number of amides is 1. The molecular formula is C32H33NO3. The van der Waals surface area contributed by atoms with E-state index in [-0.39, 0.29) is 5.91 Å². The van der Waals surface area contributed by atoms with Crippen LogP contribution in [0.4, 0.5) is 0 Å². The van der Waals surface area contributed by atoms with Crippen molar-refractivity contribution in [2.45, 2.75) is 40.5 Å². The Morgan fingerprint density at radius 1 is 0.722 bits per heavy atom. The van der Waals surface area contributed by atoms with Crippen molar-refractivity contribution in [3.63, 3.8) is 0 Å². The molecule has 0 fully saturated rings. The Labute approximate surface area is 214 Å². The molecule has 0 saturated heterocycles. The van der Waals surface area contributed by atoms with Gasteiger partial charge in [-0.25, -0.2) is 0 Å². The molecule has 4 nitrogen and oxygen atoms in total. The lowest BCUT2D eigenvalue weighted by Gasteiger charge is -2.24. The summed E-state index contributed by atoms with van der Waals surface area (Å²) in [5.41, 5.74) is 5.94. The fraction of sp³-hybridized carbons (Fsp3) is 0.219. The minimum absolute atomic E-state index is 0.0293. The molecule has 0 aliphatic carbocycles. The van der Waals surface area contributed by atoms with Gasteiger partial charge in [0, 0.05) is 24.2 Å². The van der Waals surface area contributed by atoms with Crippen molar-refractivity contribution in [3.05, 3.63) is 130 Å². The lowest BCUT2D eigenvalue weighted by atomic mass is 10.1. The first-order chi connectivity index (χ1) is 17.5. The number of carbonyl (C=O) groups excluding carboxylic acids is 1. The third-order valence-electron chi connectivity index (χ3n) is 5.92. The molecule has 0 heterocycles. The van der Waals surface area contributed by atoms with E-state index in [9.17, 15) is 4.79 Å². The zero-order valence-electron chi connectivity index (χ0n) is 21.2. The second-order valence-corrected chi connectivity index (χ2v) is 9.00. The first kappa shape index (κ1) is 25.1. The van der Waals surface area contributed by atoms with Gasteiger partial charge in [-0.1, -0.05) is 66.7 Å². The third kappa shape index (κ3) is 6.76. The van der Waals surface area contributed by atoms with Gasteiger partial charge in [-0.15, -0.1) is 0 Å². The summed E-state index contributed by atoms with van der Waals surface area (Å²) < 4.78 is 12.0. The van der Waals surface area contributed by atoms with Gasteiger partial charge in [-0.2, -0.15) is 0 Å². The molecule has 4 aromatic carbocycles. The number of carbonyl (C=O) groups is 1. The molecule has 1 amide bonds. The number of ether oxygens (including phenoxy) is 2. The summed E-state index contributed by atoms with van der Waals surface area (Å²) in [5.74, 6) is 1.51. The number of rotatable bonds is 10. The highest BCUT2D eigenvalue weighted by Gasteiger charge is 2.19. The summed E-state index contributed by atoms with van der Waals surface area (Å²) in [7, 11) is 0. The lowest BCUT2D eigenvalue weighted by molar-refractivity contribution is 0.0729. The zero-order valence-corrected chi connectivity index (χ0v) is 21.2. The molecule has 0 aliphatic rings. The van der Waals surface area contributed by atoms with Crippen molar-refractivity contribution >= 4 is 5.91 Å². The van der Waals surface area contributed by atoms with Crippen LogP contribution in [0, 0.1) is 13.8 Å².